The summed E-state index contributed by atoms with van der Waals surface area (Å²) in [5.74, 6) is -1.70. The Hall–Kier alpha value is -0.770. The van der Waals surface area contributed by atoms with E-state index in [1.54, 1.807) is 6.08 Å². The second-order valence-electron chi connectivity index (χ2n) is 3.27. The van der Waals surface area contributed by atoms with E-state index in [1.807, 2.05) is 18.2 Å². The van der Waals surface area contributed by atoms with Crippen molar-refractivity contribution in [2.45, 2.75) is 17.1 Å². The lowest BCUT2D eigenvalue weighted by Crippen LogP contribution is -2.30. The number of rotatable bonds is 0. The molecule has 0 bridgehead atoms. The molecule has 0 atom stereocenters. The number of hydrogen-bond donors (Lipinski definition) is 3. The molecule has 0 aliphatic heterocycles. The Morgan fingerprint density at radius 2 is 2.08 bits per heavy atom. The first-order valence-electron chi connectivity index (χ1n) is 4.03. The zero-order chi connectivity index (χ0) is 9.47. The van der Waals surface area contributed by atoms with Gasteiger partial charge < -0.3 is 10.2 Å². The molecule has 13 heavy (non-hydrogen) atoms. The van der Waals surface area contributed by atoms with E-state index in [0.717, 1.165) is 16.0 Å². The molecule has 0 radical (unpaired) electrons. The summed E-state index contributed by atoms with van der Waals surface area (Å²) in [7, 11) is 0. The van der Waals surface area contributed by atoms with E-state index in [1.165, 1.54) is 6.08 Å². The van der Waals surface area contributed by atoms with Gasteiger partial charge in [0.05, 0.1) is 0 Å². The fourth-order valence-corrected chi connectivity index (χ4v) is 1.70. The Kier molecular flexibility index (Phi) is 1.95. The minimum absolute atomic E-state index is 0.229. The van der Waals surface area contributed by atoms with Crippen LogP contribution in [0.3, 0.4) is 0 Å². The SMILES string of the molecule is OC1(O)C=Cc2ccc(S)cc2C1. The van der Waals surface area contributed by atoms with Crippen molar-refractivity contribution in [2.75, 3.05) is 0 Å². The maximum absolute atomic E-state index is 9.36. The van der Waals surface area contributed by atoms with E-state index in [9.17, 15) is 10.2 Å². The van der Waals surface area contributed by atoms with Crippen LogP contribution >= 0.6 is 12.6 Å². The van der Waals surface area contributed by atoms with Crippen molar-refractivity contribution in [3.8, 4) is 0 Å². The van der Waals surface area contributed by atoms with Crippen LogP contribution in [0.1, 0.15) is 11.1 Å². The van der Waals surface area contributed by atoms with Crippen molar-refractivity contribution >= 4 is 18.7 Å². The average Bonchev–Trinajstić information content (AvgIpc) is 2.01. The van der Waals surface area contributed by atoms with Crippen LogP contribution in [0.2, 0.25) is 0 Å². The van der Waals surface area contributed by atoms with Gasteiger partial charge in [0.2, 0.25) is 0 Å². The van der Waals surface area contributed by atoms with Crippen LogP contribution in [0.15, 0.2) is 29.2 Å². The van der Waals surface area contributed by atoms with Crippen molar-refractivity contribution < 1.29 is 10.2 Å². The van der Waals surface area contributed by atoms with E-state index in [-0.39, 0.29) is 6.42 Å². The van der Waals surface area contributed by atoms with Gasteiger partial charge in [-0.1, -0.05) is 12.1 Å². The van der Waals surface area contributed by atoms with Crippen LogP contribution in [0.4, 0.5) is 0 Å². The monoisotopic (exact) mass is 194 g/mol. The minimum Gasteiger partial charge on any atom is -0.362 e. The highest BCUT2D eigenvalue weighted by molar-refractivity contribution is 7.80. The summed E-state index contributed by atoms with van der Waals surface area (Å²) in [4.78, 5) is 0.838. The zero-order valence-electron chi connectivity index (χ0n) is 6.94. The van der Waals surface area contributed by atoms with Gasteiger partial charge in [-0.3, -0.25) is 0 Å². The van der Waals surface area contributed by atoms with E-state index in [2.05, 4.69) is 12.6 Å². The molecule has 2 nitrogen and oxygen atoms in total. The molecule has 0 saturated heterocycles. The lowest BCUT2D eigenvalue weighted by molar-refractivity contribution is -0.116. The van der Waals surface area contributed by atoms with Crippen molar-refractivity contribution in [3.05, 3.63) is 35.4 Å². The molecule has 0 unspecified atom stereocenters. The largest absolute Gasteiger partial charge is 0.362 e. The summed E-state index contributed by atoms with van der Waals surface area (Å²) in [6, 6.07) is 5.65. The molecule has 68 valence electrons. The first-order valence-corrected chi connectivity index (χ1v) is 4.47. The third kappa shape index (κ3) is 1.77. The Bertz CT molecular complexity index is 369. The second-order valence-corrected chi connectivity index (χ2v) is 3.79. The van der Waals surface area contributed by atoms with Crippen molar-refractivity contribution in [3.63, 3.8) is 0 Å². The lowest BCUT2D eigenvalue weighted by Gasteiger charge is -2.23. The standard InChI is InChI=1S/C10H10O2S/c11-10(12)4-3-7-1-2-9(13)5-8(7)6-10/h1-5,11-13H,6H2. The number of fused-ring (bicyclic) bond motifs is 1. The van der Waals surface area contributed by atoms with E-state index >= 15 is 0 Å². The maximum atomic E-state index is 9.36. The van der Waals surface area contributed by atoms with Crippen molar-refractivity contribution in [2.24, 2.45) is 0 Å². The van der Waals surface area contributed by atoms with Gasteiger partial charge in [0.15, 0.2) is 5.79 Å². The van der Waals surface area contributed by atoms with Gasteiger partial charge in [0, 0.05) is 11.3 Å². The number of thiol groups is 1. The highest BCUT2D eigenvalue weighted by Crippen LogP contribution is 2.25. The van der Waals surface area contributed by atoms with Crippen LogP contribution in [0, 0.1) is 0 Å². The fraction of sp³-hybridized carbons (Fsp3) is 0.200. The number of aliphatic hydroxyl groups is 2. The van der Waals surface area contributed by atoms with Gasteiger partial charge in [-0.15, -0.1) is 12.6 Å². The first kappa shape index (κ1) is 8.81. The molecular formula is C10H10O2S. The Morgan fingerprint density at radius 1 is 1.31 bits per heavy atom. The van der Waals surface area contributed by atoms with Crippen LogP contribution in [-0.2, 0) is 6.42 Å². The smallest absolute Gasteiger partial charge is 0.187 e. The van der Waals surface area contributed by atoms with Crippen LogP contribution in [0.5, 0.6) is 0 Å². The van der Waals surface area contributed by atoms with E-state index in [4.69, 9.17) is 0 Å². The summed E-state index contributed by atoms with van der Waals surface area (Å²) in [6.07, 6.45) is 3.34. The van der Waals surface area contributed by atoms with Gasteiger partial charge in [-0.2, -0.15) is 0 Å². The van der Waals surface area contributed by atoms with Gasteiger partial charge in [-0.05, 0) is 29.3 Å². The highest BCUT2D eigenvalue weighted by atomic mass is 32.1. The summed E-state index contributed by atoms with van der Waals surface area (Å²) in [5, 5.41) is 18.7. The quantitative estimate of drug-likeness (QED) is 0.429. The Labute approximate surface area is 81.9 Å². The third-order valence-electron chi connectivity index (χ3n) is 2.11. The fourth-order valence-electron chi connectivity index (χ4n) is 1.47. The molecule has 1 aliphatic rings. The van der Waals surface area contributed by atoms with Crippen LogP contribution in [-0.4, -0.2) is 16.0 Å². The van der Waals surface area contributed by atoms with Gasteiger partial charge in [0.1, 0.15) is 0 Å². The molecule has 0 heterocycles. The normalized spacial score (nSPS) is 18.4. The molecule has 0 spiro atoms. The maximum Gasteiger partial charge on any atom is 0.187 e. The molecule has 0 fully saturated rings. The molecule has 2 rings (SSSR count). The van der Waals surface area contributed by atoms with E-state index in [0.29, 0.717) is 0 Å². The van der Waals surface area contributed by atoms with Crippen molar-refractivity contribution in [1.29, 1.82) is 0 Å². The minimum atomic E-state index is -1.70. The first-order chi connectivity index (χ1) is 6.07. The number of benzene rings is 1. The molecule has 3 heteroatoms. The Balaban J connectivity index is 2.48. The highest BCUT2D eigenvalue weighted by Gasteiger charge is 2.24. The van der Waals surface area contributed by atoms with Gasteiger partial charge in [0.25, 0.3) is 0 Å². The molecule has 0 aromatic heterocycles. The molecular weight excluding hydrogens is 184 g/mol. The second kappa shape index (κ2) is 2.87. The van der Waals surface area contributed by atoms with E-state index < -0.39 is 5.79 Å². The Morgan fingerprint density at radius 3 is 2.85 bits per heavy atom. The molecule has 0 amide bonds. The summed E-state index contributed by atoms with van der Waals surface area (Å²) >= 11 is 4.19. The predicted octanol–water partition coefficient (Wildman–Crippen LogP) is 1.23. The average molecular weight is 194 g/mol. The molecule has 1 aromatic rings. The zero-order valence-corrected chi connectivity index (χ0v) is 7.83. The topological polar surface area (TPSA) is 40.5 Å². The summed E-state index contributed by atoms with van der Waals surface area (Å²) in [5.41, 5.74) is 1.94. The molecule has 1 aromatic carbocycles. The molecule has 0 saturated carbocycles. The summed E-state index contributed by atoms with van der Waals surface area (Å²) in [6.45, 7) is 0. The lowest BCUT2D eigenvalue weighted by atomic mass is 9.94. The van der Waals surface area contributed by atoms with Gasteiger partial charge in [-0.25, -0.2) is 0 Å². The number of hydrogen-bond acceptors (Lipinski definition) is 3. The third-order valence-corrected chi connectivity index (χ3v) is 2.39. The van der Waals surface area contributed by atoms with Crippen LogP contribution in [0.25, 0.3) is 6.08 Å². The van der Waals surface area contributed by atoms with Crippen molar-refractivity contribution in [1.82, 2.24) is 0 Å². The molecule has 2 N–H and O–H groups in total. The van der Waals surface area contributed by atoms with Crippen LogP contribution < -0.4 is 0 Å². The summed E-state index contributed by atoms with van der Waals surface area (Å²) < 4.78 is 0. The predicted molar refractivity (Wildman–Crippen MR) is 53.6 cm³/mol. The van der Waals surface area contributed by atoms with Gasteiger partial charge >= 0.3 is 0 Å². The molecule has 1 aliphatic carbocycles.